The Labute approximate surface area is 170 Å². The van der Waals surface area contributed by atoms with E-state index in [0.29, 0.717) is 5.82 Å². The molecule has 0 aromatic carbocycles. The largest absolute Gasteiger partial charge is 0.392 e. The van der Waals surface area contributed by atoms with Crippen molar-refractivity contribution in [1.82, 2.24) is 24.6 Å². The Morgan fingerprint density at radius 1 is 1.36 bits per heavy atom. The molecule has 1 amide bonds. The number of aliphatic hydroxyl groups excluding tert-OH is 1. The molecule has 1 unspecified atom stereocenters. The molecule has 1 spiro atoms. The number of amides is 1. The molecule has 0 bridgehead atoms. The lowest BCUT2D eigenvalue weighted by atomic mass is 9.71. The van der Waals surface area contributed by atoms with Crippen LogP contribution in [0.25, 0.3) is 0 Å². The van der Waals surface area contributed by atoms with Crippen LogP contribution in [0.2, 0.25) is 0 Å². The van der Waals surface area contributed by atoms with Crippen LogP contribution in [0.3, 0.4) is 0 Å². The number of β-amino-alcohol motifs (C(OH)–C–C–N with tert-alkyl or cyclic N) is 1. The first-order valence-electron chi connectivity index (χ1n) is 10.00. The predicted molar refractivity (Wildman–Crippen MR) is 108 cm³/mol. The van der Waals surface area contributed by atoms with Gasteiger partial charge in [0.25, 0.3) is 0 Å². The summed E-state index contributed by atoms with van der Waals surface area (Å²) in [5.41, 5.74) is 1.44. The van der Waals surface area contributed by atoms with Gasteiger partial charge >= 0.3 is 0 Å². The Balaban J connectivity index is 1.35. The summed E-state index contributed by atoms with van der Waals surface area (Å²) in [6.45, 7) is 8.13. The number of carbonyl (C=O) groups excluding carboxylic acids is 1. The predicted octanol–water partition coefficient (Wildman–Crippen LogP) is 1.83. The van der Waals surface area contributed by atoms with Crippen molar-refractivity contribution in [2.45, 2.75) is 52.3 Å². The molecule has 2 aromatic heterocycles. The second kappa shape index (κ2) is 7.93. The summed E-state index contributed by atoms with van der Waals surface area (Å²) in [5, 5.41) is 19.1. The summed E-state index contributed by atoms with van der Waals surface area (Å²) >= 11 is 1.72. The average Bonchev–Trinajstić information content (AvgIpc) is 3.24. The van der Waals surface area contributed by atoms with Crippen molar-refractivity contribution in [3.8, 4) is 0 Å². The number of aromatic nitrogens is 3. The lowest BCUT2D eigenvalue weighted by molar-refractivity contribution is -0.136. The third-order valence-corrected chi connectivity index (χ3v) is 6.84. The van der Waals surface area contributed by atoms with Gasteiger partial charge in [0.1, 0.15) is 18.2 Å². The van der Waals surface area contributed by atoms with Crippen molar-refractivity contribution in [3.63, 3.8) is 0 Å². The smallest absolute Gasteiger partial charge is 0.244 e. The molecule has 8 heteroatoms. The molecule has 2 aliphatic heterocycles. The zero-order chi connectivity index (χ0) is 19.7. The van der Waals surface area contributed by atoms with Crippen LogP contribution in [0.1, 0.15) is 36.5 Å². The summed E-state index contributed by atoms with van der Waals surface area (Å²) < 4.78 is 1.69. The third kappa shape index (κ3) is 4.29. The highest BCUT2D eigenvalue weighted by atomic mass is 32.1. The van der Waals surface area contributed by atoms with Crippen molar-refractivity contribution >= 4 is 17.2 Å². The van der Waals surface area contributed by atoms with Crippen molar-refractivity contribution in [1.29, 1.82) is 0 Å². The molecule has 0 radical (unpaired) electrons. The van der Waals surface area contributed by atoms with Crippen molar-refractivity contribution in [2.24, 2.45) is 5.41 Å². The number of rotatable bonds is 4. The number of thiophene rings is 1. The molecule has 4 heterocycles. The van der Waals surface area contributed by atoms with Gasteiger partial charge in [-0.25, -0.2) is 9.67 Å². The van der Waals surface area contributed by atoms with E-state index in [0.717, 1.165) is 57.8 Å². The monoisotopic (exact) mass is 403 g/mol. The van der Waals surface area contributed by atoms with Crippen LogP contribution >= 0.6 is 11.3 Å². The third-order valence-electron chi connectivity index (χ3n) is 6.11. The molecule has 28 heavy (non-hydrogen) atoms. The standard InChI is InChI=1S/C20H29N5O2S/c1-15-21-16(2)25(22-15)12-19(27)24-6-4-20(5-7-24)9-18(26)11-23(14-20)10-17-3-8-28-13-17/h3,8,13,18,26H,4-7,9-12,14H2,1-2H3. The van der Waals surface area contributed by atoms with Crippen LogP contribution in [0.15, 0.2) is 16.8 Å². The number of piperidine rings is 2. The summed E-state index contributed by atoms with van der Waals surface area (Å²) in [7, 11) is 0. The van der Waals surface area contributed by atoms with Gasteiger partial charge in [0.05, 0.1) is 6.10 Å². The van der Waals surface area contributed by atoms with Gasteiger partial charge in [-0.2, -0.15) is 16.4 Å². The Hall–Kier alpha value is -1.77. The fourth-order valence-electron chi connectivity index (χ4n) is 4.76. The maximum Gasteiger partial charge on any atom is 0.244 e. The highest BCUT2D eigenvalue weighted by molar-refractivity contribution is 7.07. The highest BCUT2D eigenvalue weighted by Crippen LogP contribution is 2.40. The van der Waals surface area contributed by atoms with E-state index < -0.39 is 0 Å². The van der Waals surface area contributed by atoms with Crippen LogP contribution in [0, 0.1) is 19.3 Å². The van der Waals surface area contributed by atoms with E-state index in [1.165, 1.54) is 5.56 Å². The van der Waals surface area contributed by atoms with Gasteiger partial charge in [-0.05, 0) is 60.9 Å². The Morgan fingerprint density at radius 2 is 2.14 bits per heavy atom. The van der Waals surface area contributed by atoms with E-state index in [1.54, 1.807) is 16.0 Å². The number of hydrogen-bond donors (Lipinski definition) is 1. The number of aliphatic hydroxyl groups is 1. The molecule has 1 atom stereocenters. The highest BCUT2D eigenvalue weighted by Gasteiger charge is 2.42. The summed E-state index contributed by atoms with van der Waals surface area (Å²) in [6, 6.07) is 2.16. The molecule has 7 nitrogen and oxygen atoms in total. The number of carbonyl (C=O) groups is 1. The molecular formula is C20H29N5O2S. The molecule has 2 fully saturated rings. The molecular weight excluding hydrogens is 374 g/mol. The summed E-state index contributed by atoms with van der Waals surface area (Å²) in [4.78, 5) is 21.3. The SMILES string of the molecule is Cc1nc(C)n(CC(=O)N2CCC3(CC2)CC(O)CN(Cc2ccsc2)C3)n1. The number of aryl methyl sites for hydroxylation is 2. The molecule has 2 aliphatic rings. The van der Waals surface area contributed by atoms with Crippen LogP contribution in [0.4, 0.5) is 0 Å². The van der Waals surface area contributed by atoms with Crippen molar-refractivity contribution in [2.75, 3.05) is 26.2 Å². The fraction of sp³-hybridized carbons (Fsp3) is 0.650. The first kappa shape index (κ1) is 19.5. The summed E-state index contributed by atoms with van der Waals surface area (Å²) in [6.07, 6.45) is 2.46. The van der Waals surface area contributed by atoms with Gasteiger partial charge in [0, 0.05) is 32.7 Å². The fourth-order valence-corrected chi connectivity index (χ4v) is 5.42. The van der Waals surface area contributed by atoms with Gasteiger partial charge in [-0.1, -0.05) is 0 Å². The topological polar surface area (TPSA) is 74.5 Å². The quantitative estimate of drug-likeness (QED) is 0.843. The summed E-state index contributed by atoms with van der Waals surface area (Å²) in [5.74, 6) is 1.58. The molecule has 2 saturated heterocycles. The van der Waals surface area contributed by atoms with E-state index in [4.69, 9.17) is 0 Å². The number of hydrogen-bond acceptors (Lipinski definition) is 6. The minimum atomic E-state index is -0.282. The second-order valence-corrected chi connectivity index (χ2v) is 9.18. The molecule has 4 rings (SSSR count). The lowest BCUT2D eigenvalue weighted by Gasteiger charge is -2.49. The lowest BCUT2D eigenvalue weighted by Crippen LogP contribution is -2.54. The van der Waals surface area contributed by atoms with Gasteiger partial charge in [0.15, 0.2) is 0 Å². The number of likely N-dealkylation sites (tertiary alicyclic amines) is 2. The van der Waals surface area contributed by atoms with Gasteiger partial charge in [-0.3, -0.25) is 9.69 Å². The normalized spacial score (nSPS) is 22.7. The van der Waals surface area contributed by atoms with Gasteiger partial charge < -0.3 is 10.0 Å². The Bertz CT molecular complexity index is 811. The maximum absolute atomic E-state index is 12.7. The zero-order valence-corrected chi connectivity index (χ0v) is 17.5. The van der Waals surface area contributed by atoms with Crippen LogP contribution in [0.5, 0.6) is 0 Å². The molecule has 0 aliphatic carbocycles. The minimum Gasteiger partial charge on any atom is -0.392 e. The first-order chi connectivity index (χ1) is 13.4. The number of nitrogens with zero attached hydrogens (tertiary/aromatic N) is 5. The molecule has 152 valence electrons. The van der Waals surface area contributed by atoms with E-state index >= 15 is 0 Å². The van der Waals surface area contributed by atoms with E-state index in [2.05, 4.69) is 31.8 Å². The van der Waals surface area contributed by atoms with Crippen molar-refractivity contribution < 1.29 is 9.90 Å². The van der Waals surface area contributed by atoms with E-state index in [1.807, 2.05) is 18.7 Å². The molecule has 2 aromatic rings. The second-order valence-electron chi connectivity index (χ2n) is 8.40. The zero-order valence-electron chi connectivity index (χ0n) is 16.7. The van der Waals surface area contributed by atoms with E-state index in [-0.39, 0.29) is 24.0 Å². The Kier molecular flexibility index (Phi) is 5.53. The Morgan fingerprint density at radius 3 is 2.79 bits per heavy atom. The first-order valence-corrected chi connectivity index (χ1v) is 10.9. The molecule has 0 saturated carbocycles. The average molecular weight is 404 g/mol. The van der Waals surface area contributed by atoms with Crippen LogP contribution in [-0.4, -0.2) is 67.9 Å². The maximum atomic E-state index is 12.7. The van der Waals surface area contributed by atoms with E-state index in [9.17, 15) is 9.90 Å². The van der Waals surface area contributed by atoms with Gasteiger partial charge in [0.2, 0.25) is 5.91 Å². The van der Waals surface area contributed by atoms with Crippen LogP contribution in [-0.2, 0) is 17.9 Å². The van der Waals surface area contributed by atoms with Crippen LogP contribution < -0.4 is 0 Å². The van der Waals surface area contributed by atoms with Crippen molar-refractivity contribution in [3.05, 3.63) is 34.0 Å². The van der Waals surface area contributed by atoms with Gasteiger partial charge in [-0.15, -0.1) is 0 Å². The molecule has 1 N–H and O–H groups in total. The minimum absolute atomic E-state index is 0.106.